The highest BCUT2D eigenvalue weighted by molar-refractivity contribution is 7.99. The van der Waals surface area contributed by atoms with Crippen molar-refractivity contribution in [1.29, 1.82) is 0 Å². The largest absolute Gasteiger partial charge is 0.224 e. The molecule has 8 heteroatoms. The summed E-state index contributed by atoms with van der Waals surface area (Å²) in [5.41, 5.74) is 0. The number of nitrogens with zero attached hydrogens (tertiary/aromatic N) is 2. The molecule has 106 valence electrons. The molecular weight excluding hydrogens is 336 g/mol. The zero-order valence-electron chi connectivity index (χ0n) is 10.7. The summed E-state index contributed by atoms with van der Waals surface area (Å²) in [6, 6.07) is 8.33. The van der Waals surface area contributed by atoms with Crippen LogP contribution in [0.3, 0.4) is 0 Å². The molecule has 2 aromatic rings. The normalized spacial score (nSPS) is 11.6. The first kappa shape index (κ1) is 15.6. The quantitative estimate of drug-likeness (QED) is 0.480. The molecule has 0 N–H and O–H groups in total. The lowest BCUT2D eigenvalue weighted by Gasteiger charge is -2.04. The van der Waals surface area contributed by atoms with E-state index in [-0.39, 0.29) is 0 Å². The van der Waals surface area contributed by atoms with E-state index in [1.165, 1.54) is 29.8 Å². The van der Waals surface area contributed by atoms with Gasteiger partial charge in [-0.15, -0.1) is 0 Å². The average molecular weight is 347 g/mol. The van der Waals surface area contributed by atoms with E-state index in [9.17, 15) is 8.42 Å². The third-order valence-electron chi connectivity index (χ3n) is 2.31. The lowest BCUT2D eigenvalue weighted by Crippen LogP contribution is -1.96. The number of thioether (sulfide) groups is 1. The fraction of sp³-hybridized carbons (Fsp3) is 0.167. The molecule has 0 aliphatic rings. The molecule has 1 aromatic carbocycles. The van der Waals surface area contributed by atoms with Crippen LogP contribution in [0.25, 0.3) is 0 Å². The van der Waals surface area contributed by atoms with Gasteiger partial charge in [0.15, 0.2) is 15.0 Å². The molecule has 0 amide bonds. The lowest BCUT2D eigenvalue weighted by molar-refractivity contribution is 0.602. The van der Waals surface area contributed by atoms with Gasteiger partial charge in [-0.2, -0.15) is 0 Å². The number of benzene rings is 1. The highest BCUT2D eigenvalue weighted by Crippen LogP contribution is 2.29. The van der Waals surface area contributed by atoms with Crippen molar-refractivity contribution >= 4 is 45.0 Å². The van der Waals surface area contributed by atoms with E-state index in [1.807, 2.05) is 6.26 Å². The van der Waals surface area contributed by atoms with E-state index in [4.69, 9.17) is 11.6 Å². The van der Waals surface area contributed by atoms with Crippen LogP contribution < -0.4 is 0 Å². The molecule has 0 radical (unpaired) electrons. The molecular formula is C12H11ClN2O2S3. The summed E-state index contributed by atoms with van der Waals surface area (Å²) in [6.45, 7) is 0. The third kappa shape index (κ3) is 4.12. The molecule has 1 aromatic heterocycles. The Kier molecular flexibility index (Phi) is 4.95. The van der Waals surface area contributed by atoms with Crippen molar-refractivity contribution in [2.75, 3.05) is 12.5 Å². The van der Waals surface area contributed by atoms with Crippen molar-refractivity contribution in [1.82, 2.24) is 9.97 Å². The van der Waals surface area contributed by atoms with Crippen LogP contribution in [0.15, 0.2) is 50.3 Å². The van der Waals surface area contributed by atoms with E-state index in [1.54, 1.807) is 30.3 Å². The van der Waals surface area contributed by atoms with Gasteiger partial charge in [0.25, 0.3) is 0 Å². The summed E-state index contributed by atoms with van der Waals surface area (Å²) in [4.78, 5) is 9.58. The van der Waals surface area contributed by atoms with Crippen molar-refractivity contribution in [3.8, 4) is 0 Å². The maximum Gasteiger partial charge on any atom is 0.189 e. The van der Waals surface area contributed by atoms with Crippen LogP contribution in [0.2, 0.25) is 5.15 Å². The number of rotatable bonds is 4. The molecule has 0 saturated carbocycles. The van der Waals surface area contributed by atoms with E-state index in [0.29, 0.717) is 15.2 Å². The van der Waals surface area contributed by atoms with Gasteiger partial charge in [0.1, 0.15) is 10.2 Å². The SMILES string of the molecule is CSc1nc(Cl)cc(Sc2ccc(S(C)(=O)=O)cc2)n1. The number of halogens is 1. The number of aromatic nitrogens is 2. The van der Waals surface area contributed by atoms with Crippen molar-refractivity contribution in [2.24, 2.45) is 0 Å². The number of sulfone groups is 1. The molecule has 0 aliphatic carbocycles. The van der Waals surface area contributed by atoms with Gasteiger partial charge in [0, 0.05) is 17.2 Å². The number of hydrogen-bond donors (Lipinski definition) is 0. The highest BCUT2D eigenvalue weighted by atomic mass is 35.5. The van der Waals surface area contributed by atoms with Crippen molar-refractivity contribution in [3.05, 3.63) is 35.5 Å². The van der Waals surface area contributed by atoms with Gasteiger partial charge in [0.2, 0.25) is 0 Å². The maximum atomic E-state index is 11.4. The van der Waals surface area contributed by atoms with Crippen molar-refractivity contribution < 1.29 is 8.42 Å². The Bertz CT molecular complexity index is 718. The Labute approximate surface area is 131 Å². The van der Waals surface area contributed by atoms with E-state index >= 15 is 0 Å². The van der Waals surface area contributed by atoms with Gasteiger partial charge in [-0.3, -0.25) is 0 Å². The van der Waals surface area contributed by atoms with Gasteiger partial charge in [-0.25, -0.2) is 18.4 Å². The molecule has 0 saturated heterocycles. The van der Waals surface area contributed by atoms with E-state index < -0.39 is 9.84 Å². The van der Waals surface area contributed by atoms with Crippen LogP contribution in [0.1, 0.15) is 0 Å². The Balaban J connectivity index is 2.24. The van der Waals surface area contributed by atoms with Gasteiger partial charge in [0.05, 0.1) is 4.90 Å². The molecule has 0 bridgehead atoms. The molecule has 4 nitrogen and oxygen atoms in total. The second kappa shape index (κ2) is 6.34. The minimum absolute atomic E-state index is 0.298. The summed E-state index contributed by atoms with van der Waals surface area (Å²) < 4.78 is 22.8. The van der Waals surface area contributed by atoms with Gasteiger partial charge in [-0.1, -0.05) is 35.1 Å². The first-order valence-corrected chi connectivity index (χ1v) is 9.76. The van der Waals surface area contributed by atoms with Crippen LogP contribution in [-0.4, -0.2) is 30.9 Å². The second-order valence-corrected chi connectivity index (χ2v) is 8.13. The minimum atomic E-state index is -3.17. The predicted molar refractivity (Wildman–Crippen MR) is 82.5 cm³/mol. The summed E-state index contributed by atoms with van der Waals surface area (Å²) in [5.74, 6) is 0. The molecule has 0 atom stereocenters. The summed E-state index contributed by atoms with van der Waals surface area (Å²) >= 11 is 8.74. The third-order valence-corrected chi connectivity index (χ3v) is 5.10. The lowest BCUT2D eigenvalue weighted by atomic mass is 10.4. The minimum Gasteiger partial charge on any atom is -0.224 e. The Morgan fingerprint density at radius 1 is 1.15 bits per heavy atom. The Morgan fingerprint density at radius 3 is 2.35 bits per heavy atom. The van der Waals surface area contributed by atoms with Crippen molar-refractivity contribution in [3.63, 3.8) is 0 Å². The molecule has 1 heterocycles. The molecule has 20 heavy (non-hydrogen) atoms. The van der Waals surface area contributed by atoms with Gasteiger partial charge >= 0.3 is 0 Å². The Morgan fingerprint density at radius 2 is 1.80 bits per heavy atom. The molecule has 0 aliphatic heterocycles. The highest BCUT2D eigenvalue weighted by Gasteiger charge is 2.08. The topological polar surface area (TPSA) is 59.9 Å². The fourth-order valence-electron chi connectivity index (χ4n) is 1.40. The predicted octanol–water partition coefficient (Wildman–Crippen LogP) is 3.41. The molecule has 0 spiro atoms. The maximum absolute atomic E-state index is 11.4. The van der Waals surface area contributed by atoms with Gasteiger partial charge < -0.3 is 0 Å². The number of hydrogen-bond acceptors (Lipinski definition) is 6. The van der Waals surface area contributed by atoms with Crippen molar-refractivity contribution in [2.45, 2.75) is 20.0 Å². The first-order chi connectivity index (χ1) is 9.38. The summed E-state index contributed by atoms with van der Waals surface area (Å²) in [5, 5.41) is 1.72. The van der Waals surface area contributed by atoms with Crippen LogP contribution >= 0.6 is 35.1 Å². The first-order valence-electron chi connectivity index (χ1n) is 5.45. The Hall–Kier alpha value is -0.760. The molecule has 2 rings (SSSR count). The average Bonchev–Trinajstić information content (AvgIpc) is 2.37. The summed E-state index contributed by atoms with van der Waals surface area (Å²) in [6.07, 6.45) is 3.06. The van der Waals surface area contributed by atoms with E-state index in [0.717, 1.165) is 9.92 Å². The monoisotopic (exact) mass is 346 g/mol. The summed E-state index contributed by atoms with van der Waals surface area (Å²) in [7, 11) is -3.17. The molecule has 0 unspecified atom stereocenters. The molecule has 0 fully saturated rings. The van der Waals surface area contributed by atoms with Gasteiger partial charge in [-0.05, 0) is 30.5 Å². The van der Waals surface area contributed by atoms with Crippen LogP contribution in [0, 0.1) is 0 Å². The van der Waals surface area contributed by atoms with E-state index in [2.05, 4.69) is 9.97 Å². The zero-order chi connectivity index (χ0) is 14.8. The second-order valence-electron chi connectivity index (χ2n) is 3.86. The smallest absolute Gasteiger partial charge is 0.189 e. The van der Waals surface area contributed by atoms with Crippen LogP contribution in [-0.2, 0) is 9.84 Å². The van der Waals surface area contributed by atoms with Crippen LogP contribution in [0.5, 0.6) is 0 Å². The zero-order valence-corrected chi connectivity index (χ0v) is 13.9. The van der Waals surface area contributed by atoms with Crippen LogP contribution in [0.4, 0.5) is 0 Å². The fourth-order valence-corrected chi connectivity index (χ4v) is 3.58. The standard InChI is InChI=1S/C12H11ClN2O2S3/c1-18-12-14-10(13)7-11(15-12)19-8-3-5-9(6-4-8)20(2,16)17/h3-7H,1-2H3.